The average molecular weight is 305 g/mol. The molecule has 0 rings (SSSR count). The lowest BCUT2D eigenvalue weighted by molar-refractivity contribution is 1.80. The molecular formula is CHB27. The molecule has 0 aliphatic heterocycles. The molecule has 0 atom stereocenters. The maximum atomic E-state index is 6.32. The van der Waals surface area contributed by atoms with Gasteiger partial charge in [-0.3, -0.25) is 0 Å². The number of hydrogen-bond acceptors (Lipinski definition) is 0. The van der Waals surface area contributed by atoms with Gasteiger partial charge in [0.15, 0.2) is 0 Å². The fraction of sp³-hybridized carbons (Fsp3) is 1.00. The SMILES string of the molecule is [B]B([B])B([B])B(B(B([B])[B])B([B])[B])C(B(B([B])[B])B([B])[B])B(B([B])[B])B([B])[B]. The number of rotatable bonds is 12. The van der Waals surface area contributed by atoms with E-state index in [0.29, 0.717) is 0 Å². The normalized spacial score (nSPS) is 9.75. The van der Waals surface area contributed by atoms with Crippen LogP contribution in [-0.4, -0.2) is 193 Å². The lowest BCUT2D eigenvalue weighted by Crippen LogP contribution is -2.79. The van der Waals surface area contributed by atoms with Crippen LogP contribution in [0.3, 0.4) is 0 Å². The van der Waals surface area contributed by atoms with Crippen LogP contribution in [-0.2, 0) is 0 Å². The summed E-state index contributed by atoms with van der Waals surface area (Å²) in [6.45, 7) is -2.48. The number of hydrogen-bond donors (Lipinski definition) is 0. The van der Waals surface area contributed by atoms with Crippen molar-refractivity contribution in [2.75, 3.05) is 0 Å². The summed E-state index contributed by atoms with van der Waals surface area (Å²) in [6, 6.07) is 0. The molecule has 86 valence electrons. The maximum absolute atomic E-state index is 6.32. The first-order valence-electron chi connectivity index (χ1n) is 9.00. The van der Waals surface area contributed by atoms with Crippen LogP contribution in [0.2, 0.25) is 5.62 Å². The highest BCUT2D eigenvalue weighted by Crippen LogP contribution is 2.25. The van der Waals surface area contributed by atoms with Crippen LogP contribution in [0.4, 0.5) is 0 Å². The minimum Gasteiger partial charge on any atom is -0.146 e. The molecule has 0 saturated carbocycles. The summed E-state index contributed by atoms with van der Waals surface area (Å²) in [7, 11) is 89.6. The first kappa shape index (κ1) is 29.8. The van der Waals surface area contributed by atoms with E-state index in [1.54, 1.807) is 0 Å². The minimum absolute atomic E-state index is 0.807. The molecule has 0 N–H and O–H groups in total. The van der Waals surface area contributed by atoms with Gasteiger partial charge in [-0.2, -0.15) is 0 Å². The van der Waals surface area contributed by atoms with E-state index >= 15 is 0 Å². The molecule has 0 aromatic rings. The van der Waals surface area contributed by atoms with Crippen molar-refractivity contribution in [1.82, 2.24) is 0 Å². The molecular weight excluding hydrogens is 304 g/mol. The van der Waals surface area contributed by atoms with Gasteiger partial charge in [-0.25, -0.2) is 0 Å². The third-order valence-electron chi connectivity index (χ3n) is 5.33. The summed E-state index contributed by atoms with van der Waals surface area (Å²) < 4.78 is 0. The average Bonchev–Trinajstić information content (AvgIpc) is 2.48. The van der Waals surface area contributed by atoms with Gasteiger partial charge >= 0.3 is 0 Å². The first-order valence-corrected chi connectivity index (χ1v) is 9.00. The van der Waals surface area contributed by atoms with Crippen LogP contribution in [0, 0.1) is 0 Å². The van der Waals surface area contributed by atoms with Gasteiger partial charge in [0.05, 0.1) is 0 Å². The quantitative estimate of drug-likeness (QED) is 0.314. The Balaban J connectivity index is 6.81. The molecule has 0 bridgehead atoms. The Morgan fingerprint density at radius 2 is 0.607 bits per heavy atom. The van der Waals surface area contributed by atoms with Gasteiger partial charge < -0.3 is 0 Å². The van der Waals surface area contributed by atoms with Crippen LogP contribution in [0.1, 0.15) is 0 Å². The van der Waals surface area contributed by atoms with Gasteiger partial charge in [-0.05, 0) is 0 Å². The molecule has 0 aromatic heterocycles. The Bertz CT molecular complexity index is 360. The molecule has 0 aliphatic carbocycles. The molecule has 0 fully saturated rings. The van der Waals surface area contributed by atoms with E-state index in [-0.39, 0.29) is 0 Å². The Kier molecular flexibility index (Phi) is 14.2. The topological polar surface area (TPSA) is 0 Å². The molecule has 28 heavy (non-hydrogen) atoms. The van der Waals surface area contributed by atoms with Crippen LogP contribution < -0.4 is 0 Å². The lowest BCUT2D eigenvalue weighted by atomic mass is 8.45. The molecule has 0 amide bonds. The summed E-state index contributed by atoms with van der Waals surface area (Å²) in [6.07, 6.45) is -8.97. The summed E-state index contributed by atoms with van der Waals surface area (Å²) in [4.78, 5) is 0. The van der Waals surface area contributed by atoms with E-state index in [2.05, 4.69) is 0 Å². The Hall–Kier alpha value is 1.75. The third kappa shape index (κ3) is 8.02. The second kappa shape index (κ2) is 13.3. The van der Waals surface area contributed by atoms with Crippen molar-refractivity contribution in [2.45, 2.75) is 5.62 Å². The zero-order chi connectivity index (χ0) is 22.5. The molecule has 0 heterocycles. The molecule has 0 aliphatic rings. The van der Waals surface area contributed by atoms with Gasteiger partial charge in [0, 0.05) is 193 Å². The highest BCUT2D eigenvalue weighted by Gasteiger charge is 2.49. The van der Waals surface area contributed by atoms with Crippen molar-refractivity contribution >= 4 is 193 Å². The van der Waals surface area contributed by atoms with Gasteiger partial charge in [-0.1, -0.05) is 0 Å². The smallest absolute Gasteiger partial charge is 0.0294 e. The van der Waals surface area contributed by atoms with E-state index in [4.69, 9.17) is 116 Å². The zero-order valence-electron chi connectivity index (χ0n) is 16.2. The Morgan fingerprint density at radius 3 is 0.786 bits per heavy atom. The van der Waals surface area contributed by atoms with E-state index in [0.717, 1.165) is 0 Å². The zero-order valence-corrected chi connectivity index (χ0v) is 16.2. The van der Waals surface area contributed by atoms with Crippen LogP contribution in [0.15, 0.2) is 0 Å². The van der Waals surface area contributed by atoms with Crippen molar-refractivity contribution in [3.05, 3.63) is 0 Å². The standard InChI is InChI=1S/CHB27/c2-20(3)17(21(4)5)1(18(22(6)7)23(8)9)19(27(16)24(10)11)28(25(12)13)26(14)15/h1H. The van der Waals surface area contributed by atoms with E-state index in [1.165, 1.54) is 0 Å². The fourth-order valence-electron chi connectivity index (χ4n) is 4.11. The van der Waals surface area contributed by atoms with Crippen LogP contribution in [0.25, 0.3) is 0 Å². The Morgan fingerprint density at radius 1 is 0.321 bits per heavy atom. The van der Waals surface area contributed by atoms with Crippen molar-refractivity contribution < 1.29 is 0 Å². The summed E-state index contributed by atoms with van der Waals surface area (Å²) in [5.74, 6) is 0. The van der Waals surface area contributed by atoms with Gasteiger partial charge in [0.25, 0.3) is 0 Å². The molecule has 0 unspecified atom stereocenters. The largest absolute Gasteiger partial charge is 0.146 e. The summed E-state index contributed by atoms with van der Waals surface area (Å²) in [5.41, 5.74) is -0.807. The van der Waals surface area contributed by atoms with E-state index < -0.39 is 82.6 Å². The van der Waals surface area contributed by atoms with Crippen molar-refractivity contribution in [1.29, 1.82) is 0 Å². The molecule has 0 nitrogen and oxygen atoms in total. The second-order valence-corrected chi connectivity index (χ2v) is 7.51. The fourth-order valence-corrected chi connectivity index (χ4v) is 4.11. The van der Waals surface area contributed by atoms with Crippen molar-refractivity contribution in [3.63, 3.8) is 0 Å². The molecule has 0 spiro atoms. The molecule has 30 radical (unpaired) electrons. The van der Waals surface area contributed by atoms with E-state index in [1.807, 2.05) is 0 Å². The van der Waals surface area contributed by atoms with Gasteiger partial charge in [-0.15, -0.1) is 5.62 Å². The van der Waals surface area contributed by atoms with Gasteiger partial charge in [0.1, 0.15) is 0 Å². The van der Waals surface area contributed by atoms with Crippen molar-refractivity contribution in [2.24, 2.45) is 0 Å². The third-order valence-corrected chi connectivity index (χ3v) is 5.33. The lowest BCUT2D eigenvalue weighted by Gasteiger charge is -2.50. The summed E-state index contributed by atoms with van der Waals surface area (Å²) >= 11 is 0. The second-order valence-electron chi connectivity index (χ2n) is 7.51. The predicted molar refractivity (Wildman–Crippen MR) is 159 cm³/mol. The Labute approximate surface area is 197 Å². The molecule has 27 heteroatoms. The molecule has 0 saturated heterocycles. The highest BCUT2D eigenvalue weighted by atomic mass is 13.6. The first-order chi connectivity index (χ1) is 12.7. The monoisotopic (exact) mass is 310 g/mol. The van der Waals surface area contributed by atoms with E-state index in [9.17, 15) is 0 Å². The van der Waals surface area contributed by atoms with Crippen LogP contribution >= 0.6 is 0 Å². The molecule has 0 aromatic carbocycles. The predicted octanol–water partition coefficient (Wildman–Crippen LogP) is -9.94. The maximum Gasteiger partial charge on any atom is 0.0294 e. The summed E-state index contributed by atoms with van der Waals surface area (Å²) in [5, 5.41) is 0. The van der Waals surface area contributed by atoms with Crippen LogP contribution in [0.5, 0.6) is 0 Å². The highest BCUT2D eigenvalue weighted by molar-refractivity contribution is 8.07. The van der Waals surface area contributed by atoms with Crippen molar-refractivity contribution in [3.8, 4) is 0 Å². The van der Waals surface area contributed by atoms with Gasteiger partial charge in [0.2, 0.25) is 0 Å². The minimum atomic E-state index is -1.03.